The van der Waals surface area contributed by atoms with Gasteiger partial charge in [-0.3, -0.25) is 9.59 Å². The molecular formula is C18H26N2O3. The SMILES string of the molecule is C=CCCOC(C)C(=O)Nc1ccc(NC(=O)CC(C)C)cc1. The summed E-state index contributed by atoms with van der Waals surface area (Å²) in [6.07, 6.45) is 2.41. The summed E-state index contributed by atoms with van der Waals surface area (Å²) in [5.74, 6) is 0.0998. The first-order chi connectivity index (χ1) is 10.9. The number of amides is 2. The smallest absolute Gasteiger partial charge is 0.253 e. The van der Waals surface area contributed by atoms with Crippen LogP contribution in [-0.4, -0.2) is 24.5 Å². The van der Waals surface area contributed by atoms with Gasteiger partial charge in [-0.1, -0.05) is 19.9 Å². The number of anilines is 2. The summed E-state index contributed by atoms with van der Waals surface area (Å²) in [6, 6.07) is 7.02. The third-order valence-corrected chi connectivity index (χ3v) is 3.09. The van der Waals surface area contributed by atoms with Crippen LogP contribution in [0.15, 0.2) is 36.9 Å². The highest BCUT2D eigenvalue weighted by atomic mass is 16.5. The lowest BCUT2D eigenvalue weighted by molar-refractivity contribution is -0.126. The lowest BCUT2D eigenvalue weighted by atomic mass is 10.1. The molecule has 0 saturated heterocycles. The van der Waals surface area contributed by atoms with E-state index in [1.54, 1.807) is 37.3 Å². The van der Waals surface area contributed by atoms with Crippen LogP contribution in [0.25, 0.3) is 0 Å². The van der Waals surface area contributed by atoms with Gasteiger partial charge in [-0.25, -0.2) is 0 Å². The van der Waals surface area contributed by atoms with Crippen LogP contribution in [0.5, 0.6) is 0 Å². The van der Waals surface area contributed by atoms with E-state index in [0.29, 0.717) is 36.7 Å². The Balaban J connectivity index is 2.48. The molecule has 5 nitrogen and oxygen atoms in total. The van der Waals surface area contributed by atoms with Crippen molar-refractivity contribution in [3.8, 4) is 0 Å². The molecule has 0 aromatic heterocycles. The Morgan fingerprint density at radius 3 is 2.22 bits per heavy atom. The van der Waals surface area contributed by atoms with E-state index in [9.17, 15) is 9.59 Å². The molecule has 5 heteroatoms. The van der Waals surface area contributed by atoms with Gasteiger partial charge in [0.1, 0.15) is 6.10 Å². The average Bonchev–Trinajstić information content (AvgIpc) is 2.48. The molecule has 1 atom stereocenters. The summed E-state index contributed by atoms with van der Waals surface area (Å²) in [5, 5.41) is 5.60. The summed E-state index contributed by atoms with van der Waals surface area (Å²) < 4.78 is 5.39. The Morgan fingerprint density at radius 2 is 1.70 bits per heavy atom. The van der Waals surface area contributed by atoms with Crippen LogP contribution in [0, 0.1) is 5.92 Å². The molecule has 23 heavy (non-hydrogen) atoms. The zero-order chi connectivity index (χ0) is 17.2. The number of hydrogen-bond acceptors (Lipinski definition) is 3. The molecule has 0 bridgehead atoms. The van der Waals surface area contributed by atoms with Gasteiger partial charge in [0.25, 0.3) is 5.91 Å². The second-order valence-corrected chi connectivity index (χ2v) is 5.80. The molecule has 0 spiro atoms. The average molecular weight is 318 g/mol. The molecule has 2 amide bonds. The fourth-order valence-corrected chi connectivity index (χ4v) is 1.87. The van der Waals surface area contributed by atoms with Gasteiger partial charge in [-0.2, -0.15) is 0 Å². The number of ether oxygens (including phenoxy) is 1. The first kappa shape index (κ1) is 18.9. The van der Waals surface area contributed by atoms with Crippen molar-refractivity contribution in [3.05, 3.63) is 36.9 Å². The first-order valence-electron chi connectivity index (χ1n) is 7.85. The van der Waals surface area contributed by atoms with Crippen molar-refractivity contribution >= 4 is 23.2 Å². The zero-order valence-corrected chi connectivity index (χ0v) is 14.1. The van der Waals surface area contributed by atoms with Gasteiger partial charge in [0, 0.05) is 17.8 Å². The normalized spacial score (nSPS) is 11.8. The standard InChI is InChI=1S/C18H26N2O3/c1-5-6-11-23-14(4)18(22)20-16-9-7-15(8-10-16)19-17(21)12-13(2)3/h5,7-10,13-14H,1,6,11-12H2,2-4H3,(H,19,21)(H,20,22). The summed E-state index contributed by atoms with van der Waals surface area (Å²) in [6.45, 7) is 9.78. The Labute approximate surface area is 138 Å². The van der Waals surface area contributed by atoms with Crippen LogP contribution in [0.2, 0.25) is 0 Å². The van der Waals surface area contributed by atoms with Crippen LogP contribution in [0.4, 0.5) is 11.4 Å². The number of hydrogen-bond donors (Lipinski definition) is 2. The van der Waals surface area contributed by atoms with Crippen LogP contribution in [0.1, 0.15) is 33.6 Å². The molecule has 1 unspecified atom stereocenters. The number of carbonyl (C=O) groups is 2. The lowest BCUT2D eigenvalue weighted by Gasteiger charge is -2.13. The second-order valence-electron chi connectivity index (χ2n) is 5.80. The Morgan fingerprint density at radius 1 is 1.13 bits per heavy atom. The third-order valence-electron chi connectivity index (χ3n) is 3.09. The van der Waals surface area contributed by atoms with E-state index in [-0.39, 0.29) is 11.8 Å². The number of carbonyl (C=O) groups excluding carboxylic acids is 2. The largest absolute Gasteiger partial charge is 0.368 e. The number of benzene rings is 1. The molecule has 0 aliphatic heterocycles. The first-order valence-corrected chi connectivity index (χ1v) is 7.85. The maximum Gasteiger partial charge on any atom is 0.253 e. The molecule has 1 aromatic rings. The summed E-state index contributed by atoms with van der Waals surface area (Å²) >= 11 is 0. The summed E-state index contributed by atoms with van der Waals surface area (Å²) in [7, 11) is 0. The Bertz CT molecular complexity index is 524. The predicted molar refractivity (Wildman–Crippen MR) is 93.4 cm³/mol. The third kappa shape index (κ3) is 7.61. The lowest BCUT2D eigenvalue weighted by Crippen LogP contribution is -2.28. The zero-order valence-electron chi connectivity index (χ0n) is 14.1. The van der Waals surface area contributed by atoms with Gasteiger partial charge >= 0.3 is 0 Å². The van der Waals surface area contributed by atoms with E-state index < -0.39 is 6.10 Å². The van der Waals surface area contributed by atoms with E-state index >= 15 is 0 Å². The highest BCUT2D eigenvalue weighted by Gasteiger charge is 2.13. The van der Waals surface area contributed by atoms with E-state index in [1.165, 1.54) is 0 Å². The fraction of sp³-hybridized carbons (Fsp3) is 0.444. The van der Waals surface area contributed by atoms with Gasteiger partial charge in [-0.15, -0.1) is 6.58 Å². The van der Waals surface area contributed by atoms with Gasteiger partial charge in [-0.05, 0) is 43.5 Å². The molecule has 0 fully saturated rings. The predicted octanol–water partition coefficient (Wildman–Crippen LogP) is 3.59. The van der Waals surface area contributed by atoms with E-state index in [2.05, 4.69) is 17.2 Å². The molecule has 2 N–H and O–H groups in total. The van der Waals surface area contributed by atoms with Crippen molar-refractivity contribution in [1.82, 2.24) is 0 Å². The van der Waals surface area contributed by atoms with Crippen molar-refractivity contribution in [2.24, 2.45) is 5.92 Å². The van der Waals surface area contributed by atoms with E-state index in [4.69, 9.17) is 4.74 Å². The molecule has 0 heterocycles. The minimum atomic E-state index is -0.527. The molecule has 1 aromatic carbocycles. The molecular weight excluding hydrogens is 292 g/mol. The quantitative estimate of drug-likeness (QED) is 0.540. The van der Waals surface area contributed by atoms with Gasteiger partial charge < -0.3 is 15.4 Å². The van der Waals surface area contributed by atoms with Crippen LogP contribution < -0.4 is 10.6 Å². The molecule has 0 aliphatic carbocycles. The summed E-state index contributed by atoms with van der Waals surface area (Å²) in [4.78, 5) is 23.7. The van der Waals surface area contributed by atoms with E-state index in [1.807, 2.05) is 13.8 Å². The van der Waals surface area contributed by atoms with Crippen LogP contribution >= 0.6 is 0 Å². The fourth-order valence-electron chi connectivity index (χ4n) is 1.87. The topological polar surface area (TPSA) is 67.4 Å². The van der Waals surface area contributed by atoms with Crippen molar-refractivity contribution in [3.63, 3.8) is 0 Å². The minimum Gasteiger partial charge on any atom is -0.368 e. The highest BCUT2D eigenvalue weighted by Crippen LogP contribution is 2.15. The molecule has 126 valence electrons. The molecule has 0 saturated carbocycles. The summed E-state index contributed by atoms with van der Waals surface area (Å²) in [5.41, 5.74) is 1.37. The van der Waals surface area contributed by atoms with Crippen LogP contribution in [0.3, 0.4) is 0 Å². The van der Waals surface area contributed by atoms with Crippen molar-refractivity contribution in [1.29, 1.82) is 0 Å². The molecule has 0 aliphatic rings. The monoisotopic (exact) mass is 318 g/mol. The Hall–Kier alpha value is -2.14. The van der Waals surface area contributed by atoms with Crippen LogP contribution in [-0.2, 0) is 14.3 Å². The van der Waals surface area contributed by atoms with Crippen molar-refractivity contribution < 1.29 is 14.3 Å². The van der Waals surface area contributed by atoms with Gasteiger partial charge in [0.05, 0.1) is 6.61 Å². The molecule has 1 rings (SSSR count). The minimum absolute atomic E-state index is 0.0129. The maximum absolute atomic E-state index is 12.0. The van der Waals surface area contributed by atoms with Gasteiger partial charge in [0.2, 0.25) is 5.91 Å². The van der Waals surface area contributed by atoms with Crippen molar-refractivity contribution in [2.75, 3.05) is 17.2 Å². The Kier molecular flexibility index (Phi) is 8.05. The highest BCUT2D eigenvalue weighted by molar-refractivity contribution is 5.94. The second kappa shape index (κ2) is 9.79. The maximum atomic E-state index is 12.0. The number of nitrogens with one attached hydrogen (secondary N) is 2. The van der Waals surface area contributed by atoms with Crippen molar-refractivity contribution in [2.45, 2.75) is 39.7 Å². The van der Waals surface area contributed by atoms with Gasteiger partial charge in [0.15, 0.2) is 0 Å². The van der Waals surface area contributed by atoms with E-state index in [0.717, 1.165) is 0 Å². The number of rotatable bonds is 9. The molecule has 0 radical (unpaired) electrons.